The van der Waals surface area contributed by atoms with Gasteiger partial charge >= 0.3 is 5.78 Å². The quantitative estimate of drug-likeness (QED) is 0.268. The molecule has 0 aliphatic heterocycles. The summed E-state index contributed by atoms with van der Waals surface area (Å²) in [6.45, 7) is 0. The van der Waals surface area contributed by atoms with Gasteiger partial charge in [-0.05, 0) is 19.3 Å². The molecule has 0 radical (unpaired) electrons. The van der Waals surface area contributed by atoms with Gasteiger partial charge in [0, 0.05) is 0 Å². The summed E-state index contributed by atoms with van der Waals surface area (Å²) in [5.74, 6) is 0.307. The van der Waals surface area contributed by atoms with Crippen LogP contribution in [0.1, 0.15) is 25.7 Å². The lowest BCUT2D eigenvalue weighted by atomic mass is 9.97. The van der Waals surface area contributed by atoms with Crippen LogP contribution in [-0.4, -0.2) is 17.0 Å². The van der Waals surface area contributed by atoms with Gasteiger partial charge in [0.25, 0.3) is 0 Å². The van der Waals surface area contributed by atoms with Crippen molar-refractivity contribution in [3.05, 3.63) is 0 Å². The van der Waals surface area contributed by atoms with Crippen molar-refractivity contribution in [2.75, 3.05) is 0 Å². The fourth-order valence-corrected chi connectivity index (χ4v) is 1.06. The third kappa shape index (κ3) is 1.42. The molecule has 1 saturated carbocycles. The molecule has 1 aliphatic rings. The fraction of sp³-hybridized carbons (Fsp3) is 0.833. The minimum absolute atomic E-state index is 0.307. The summed E-state index contributed by atoms with van der Waals surface area (Å²) in [4.78, 5) is 0. The van der Waals surface area contributed by atoms with Gasteiger partial charge in [-0.3, -0.25) is 0 Å². The molecule has 0 aromatic carbocycles. The van der Waals surface area contributed by atoms with Crippen LogP contribution < -0.4 is 5.26 Å². The lowest BCUT2D eigenvalue weighted by Gasteiger charge is -2.09. The van der Waals surface area contributed by atoms with Gasteiger partial charge in [-0.1, -0.05) is 0 Å². The van der Waals surface area contributed by atoms with E-state index in [1.165, 1.54) is 0 Å². The summed E-state index contributed by atoms with van der Waals surface area (Å²) in [7, 11) is 0. The Kier molecular flexibility index (Phi) is 2.05. The average Bonchev–Trinajstić information content (AvgIpc) is 1.89. The molecule has 1 fully saturated rings. The summed E-state index contributed by atoms with van der Waals surface area (Å²) < 4.78 is 3.72. The molecule has 9 heavy (non-hydrogen) atoms. The minimum Gasteiger partial charge on any atom is -0.463 e. The molecule has 0 amide bonds. The molecule has 1 atom stereocenters. The Labute approximate surface area is 53.6 Å². The van der Waals surface area contributed by atoms with Crippen LogP contribution in [0.5, 0.6) is 0 Å². The van der Waals surface area contributed by atoms with Gasteiger partial charge in [-0.2, -0.15) is 4.58 Å². The summed E-state index contributed by atoms with van der Waals surface area (Å²) in [6.07, 6.45) is 2.67. The molecule has 3 nitrogen and oxygen atoms in total. The number of ketones is 1. The van der Waals surface area contributed by atoms with Crippen molar-refractivity contribution in [3.63, 3.8) is 0 Å². The maximum Gasteiger partial charge on any atom is 0.357 e. The summed E-state index contributed by atoms with van der Waals surface area (Å²) in [5, 5.41) is 18.8. The zero-order chi connectivity index (χ0) is 6.69. The van der Waals surface area contributed by atoms with Gasteiger partial charge in [-0.25, -0.2) is 0 Å². The highest BCUT2D eigenvalue weighted by Gasteiger charge is 2.26. The van der Waals surface area contributed by atoms with Crippen molar-refractivity contribution < 1.29 is 14.9 Å². The number of hydrogen-bond donors (Lipinski definition) is 1. The molecule has 0 aromatic heterocycles. The van der Waals surface area contributed by atoms with Gasteiger partial charge < -0.3 is 10.4 Å². The first-order valence-electron chi connectivity index (χ1n) is 3.18. The normalized spacial score (nSPS) is 33.0. The standard InChI is InChI=1S/C6H10O3/c7-5-3-1-2-4-6(5)9-8/h5,7H,1-4H2. The van der Waals surface area contributed by atoms with Gasteiger partial charge in [0.1, 0.15) is 0 Å². The van der Waals surface area contributed by atoms with Crippen molar-refractivity contribution in [2.45, 2.75) is 31.8 Å². The highest BCUT2D eigenvalue weighted by Crippen LogP contribution is 2.13. The summed E-state index contributed by atoms with van der Waals surface area (Å²) >= 11 is 0. The second-order valence-electron chi connectivity index (χ2n) is 2.31. The number of hydrogen-bond acceptors (Lipinski definition) is 2. The zero-order valence-corrected chi connectivity index (χ0v) is 5.17. The molecule has 0 heterocycles. The number of carbonyl (C=O) groups excluding carboxylic acids is 1. The maximum atomic E-state index is 9.80. The van der Waals surface area contributed by atoms with Gasteiger partial charge in [0.15, 0.2) is 6.10 Å². The van der Waals surface area contributed by atoms with E-state index in [0.717, 1.165) is 12.8 Å². The lowest BCUT2D eigenvalue weighted by molar-refractivity contribution is -1.05. The molecule has 1 rings (SSSR count). The Bertz CT molecular complexity index is 119. The van der Waals surface area contributed by atoms with Crippen LogP contribution in [0.2, 0.25) is 0 Å². The Morgan fingerprint density at radius 3 is 2.78 bits per heavy atom. The molecule has 0 bridgehead atoms. The van der Waals surface area contributed by atoms with E-state index < -0.39 is 6.10 Å². The molecule has 0 saturated heterocycles. The monoisotopic (exact) mass is 130 g/mol. The molecule has 1 N–H and O–H groups in total. The van der Waals surface area contributed by atoms with E-state index in [4.69, 9.17) is 5.11 Å². The van der Waals surface area contributed by atoms with Crippen molar-refractivity contribution in [1.82, 2.24) is 0 Å². The molecular formula is C6H10O3. The summed E-state index contributed by atoms with van der Waals surface area (Å²) in [6, 6.07) is 0. The van der Waals surface area contributed by atoms with E-state index in [0.29, 0.717) is 18.6 Å². The highest BCUT2D eigenvalue weighted by molar-refractivity contribution is 5.83. The average molecular weight is 130 g/mol. The van der Waals surface area contributed by atoms with Crippen LogP contribution in [0.4, 0.5) is 0 Å². The van der Waals surface area contributed by atoms with Gasteiger partial charge in [-0.15, -0.1) is 0 Å². The Balaban J connectivity index is 2.49. The predicted molar refractivity (Wildman–Crippen MR) is 29.5 cm³/mol. The van der Waals surface area contributed by atoms with E-state index in [9.17, 15) is 5.26 Å². The summed E-state index contributed by atoms with van der Waals surface area (Å²) in [5.41, 5.74) is 0. The Hall–Kier alpha value is -0.570. The molecule has 3 heteroatoms. The van der Waals surface area contributed by atoms with E-state index in [-0.39, 0.29) is 0 Å². The van der Waals surface area contributed by atoms with Crippen molar-refractivity contribution in [3.8, 4) is 0 Å². The third-order valence-electron chi connectivity index (χ3n) is 1.63. The smallest absolute Gasteiger partial charge is 0.357 e. The molecule has 52 valence electrons. The van der Waals surface area contributed by atoms with Crippen LogP contribution in [-0.2, 0) is 4.58 Å². The molecule has 1 unspecified atom stereocenters. The molecule has 0 aromatic rings. The van der Waals surface area contributed by atoms with E-state index in [2.05, 4.69) is 4.58 Å². The van der Waals surface area contributed by atoms with E-state index in [1.54, 1.807) is 0 Å². The highest BCUT2D eigenvalue weighted by atomic mass is 17.1. The van der Waals surface area contributed by atoms with Crippen LogP contribution >= 0.6 is 0 Å². The van der Waals surface area contributed by atoms with Gasteiger partial charge in [0.2, 0.25) is 0 Å². The molecular weight excluding hydrogens is 120 g/mol. The number of aliphatic hydroxyl groups excluding tert-OH is 1. The van der Waals surface area contributed by atoms with Crippen LogP contribution in [0.3, 0.4) is 0 Å². The number of aliphatic hydroxyl groups is 1. The van der Waals surface area contributed by atoms with Crippen LogP contribution in [0.25, 0.3) is 0 Å². The first-order valence-corrected chi connectivity index (χ1v) is 3.18. The third-order valence-corrected chi connectivity index (χ3v) is 1.63. The van der Waals surface area contributed by atoms with Crippen LogP contribution in [0, 0.1) is 0 Å². The van der Waals surface area contributed by atoms with E-state index >= 15 is 0 Å². The molecule has 1 aliphatic carbocycles. The second-order valence-corrected chi connectivity index (χ2v) is 2.31. The Morgan fingerprint density at radius 2 is 2.33 bits per heavy atom. The second kappa shape index (κ2) is 2.82. The van der Waals surface area contributed by atoms with Gasteiger partial charge in [0.05, 0.1) is 6.42 Å². The number of rotatable bonds is 0. The first-order chi connectivity index (χ1) is 4.34. The first kappa shape index (κ1) is 6.55. The fourth-order valence-electron chi connectivity index (χ4n) is 1.06. The van der Waals surface area contributed by atoms with Crippen molar-refractivity contribution in [1.29, 1.82) is 0 Å². The zero-order valence-electron chi connectivity index (χ0n) is 5.17. The van der Waals surface area contributed by atoms with E-state index in [1.807, 2.05) is 0 Å². The van der Waals surface area contributed by atoms with Crippen LogP contribution in [0.15, 0.2) is 0 Å². The Morgan fingerprint density at radius 1 is 1.56 bits per heavy atom. The SMILES string of the molecule is [O-][O+]=C1CCCCC1O. The molecule has 0 spiro atoms. The lowest BCUT2D eigenvalue weighted by Crippen LogP contribution is -2.28. The topological polar surface area (TPSA) is 54.6 Å². The maximum absolute atomic E-state index is 9.80. The van der Waals surface area contributed by atoms with Crippen molar-refractivity contribution >= 4 is 5.78 Å². The van der Waals surface area contributed by atoms with Crippen molar-refractivity contribution in [2.24, 2.45) is 0 Å². The largest absolute Gasteiger partial charge is 0.463 e. The minimum atomic E-state index is -0.601. The predicted octanol–water partition coefficient (Wildman–Crippen LogP) is -0.699.